The van der Waals surface area contributed by atoms with E-state index in [9.17, 15) is 14.7 Å². The minimum Gasteiger partial charge on any atom is -0.480 e. The molecule has 4 nitrogen and oxygen atoms in total. The van der Waals surface area contributed by atoms with E-state index in [0.29, 0.717) is 13.0 Å². The number of amides is 1. The molecule has 2 aromatic rings. The third-order valence-corrected chi connectivity index (χ3v) is 5.31. The quantitative estimate of drug-likeness (QED) is 0.875. The minimum absolute atomic E-state index is 0.153. The van der Waals surface area contributed by atoms with Crippen molar-refractivity contribution in [1.29, 1.82) is 0 Å². The Kier molecular flexibility index (Phi) is 4.71. The number of carboxylic acids is 1. The molecule has 1 N–H and O–H groups in total. The van der Waals surface area contributed by atoms with Crippen LogP contribution in [0.2, 0.25) is 0 Å². The molecular weight excluding hydrogens is 370 g/mol. The number of carbonyl (C=O) groups is 2. The van der Waals surface area contributed by atoms with Crippen molar-refractivity contribution in [2.24, 2.45) is 0 Å². The maximum atomic E-state index is 13.0. The van der Waals surface area contributed by atoms with Crippen LogP contribution in [0.25, 0.3) is 0 Å². The summed E-state index contributed by atoms with van der Waals surface area (Å²) >= 11 is 3.48. The second-order valence-electron chi connectivity index (χ2n) is 6.03. The van der Waals surface area contributed by atoms with Crippen molar-refractivity contribution in [3.8, 4) is 0 Å². The highest BCUT2D eigenvalue weighted by Gasteiger charge is 2.37. The number of hydrogen-bond acceptors (Lipinski definition) is 2. The summed E-state index contributed by atoms with van der Waals surface area (Å²) in [6, 6.07) is 14.4. The van der Waals surface area contributed by atoms with Crippen LogP contribution in [0.1, 0.15) is 29.5 Å². The molecule has 0 saturated carbocycles. The van der Waals surface area contributed by atoms with Gasteiger partial charge >= 0.3 is 5.97 Å². The molecule has 2 atom stereocenters. The predicted octanol–water partition coefficient (Wildman–Crippen LogP) is 3.59. The molecule has 0 aliphatic carbocycles. The average Bonchev–Trinajstić information content (AvgIpc) is 2.60. The van der Waals surface area contributed by atoms with Gasteiger partial charge in [0.25, 0.3) is 0 Å². The van der Waals surface area contributed by atoms with Gasteiger partial charge in [-0.3, -0.25) is 4.79 Å². The van der Waals surface area contributed by atoms with E-state index in [1.807, 2.05) is 55.5 Å². The predicted molar refractivity (Wildman–Crippen MR) is 94.7 cm³/mol. The zero-order valence-corrected chi connectivity index (χ0v) is 14.9. The first-order chi connectivity index (χ1) is 11.5. The van der Waals surface area contributed by atoms with Crippen molar-refractivity contribution >= 4 is 27.8 Å². The molecule has 0 saturated heterocycles. The lowest BCUT2D eigenvalue weighted by molar-refractivity contribution is -0.152. The van der Waals surface area contributed by atoms with Gasteiger partial charge in [0.15, 0.2) is 0 Å². The molecule has 24 heavy (non-hydrogen) atoms. The maximum absolute atomic E-state index is 13.0. The van der Waals surface area contributed by atoms with Crippen LogP contribution < -0.4 is 0 Å². The molecular formula is C19H18BrNO3. The fraction of sp³-hybridized carbons (Fsp3) is 0.263. The largest absolute Gasteiger partial charge is 0.480 e. The topological polar surface area (TPSA) is 57.6 Å². The van der Waals surface area contributed by atoms with Gasteiger partial charge in [-0.05, 0) is 29.7 Å². The van der Waals surface area contributed by atoms with Crippen LogP contribution in [0.4, 0.5) is 0 Å². The van der Waals surface area contributed by atoms with E-state index >= 15 is 0 Å². The van der Waals surface area contributed by atoms with E-state index < -0.39 is 12.0 Å². The SMILES string of the molecule is C[C@H](C(=O)N1Cc2cccc(Br)c2CC1C(=O)O)c1ccccc1. The highest BCUT2D eigenvalue weighted by Crippen LogP contribution is 2.31. The minimum atomic E-state index is -0.968. The monoisotopic (exact) mass is 387 g/mol. The summed E-state index contributed by atoms with van der Waals surface area (Å²) in [5.41, 5.74) is 2.86. The Morgan fingerprint density at radius 2 is 1.88 bits per heavy atom. The van der Waals surface area contributed by atoms with Crippen LogP contribution in [0.5, 0.6) is 0 Å². The van der Waals surface area contributed by atoms with Gasteiger partial charge in [0, 0.05) is 17.4 Å². The number of benzene rings is 2. The van der Waals surface area contributed by atoms with Crippen molar-refractivity contribution in [3.63, 3.8) is 0 Å². The second-order valence-corrected chi connectivity index (χ2v) is 6.89. The number of aliphatic carboxylic acids is 1. The summed E-state index contributed by atoms with van der Waals surface area (Å²) in [5, 5.41) is 9.62. The van der Waals surface area contributed by atoms with Crippen LogP contribution in [-0.2, 0) is 22.6 Å². The van der Waals surface area contributed by atoms with Crippen LogP contribution in [0.15, 0.2) is 53.0 Å². The van der Waals surface area contributed by atoms with Crippen LogP contribution in [0.3, 0.4) is 0 Å². The summed E-state index contributed by atoms with van der Waals surface area (Å²) in [5.74, 6) is -1.49. The fourth-order valence-electron chi connectivity index (χ4n) is 3.16. The van der Waals surface area contributed by atoms with Crippen LogP contribution in [-0.4, -0.2) is 27.9 Å². The Bertz CT molecular complexity index is 775. The third kappa shape index (κ3) is 3.08. The number of carbonyl (C=O) groups excluding carboxylic acids is 1. The molecule has 1 aliphatic heterocycles. The Labute approximate surface area is 149 Å². The normalized spacial score (nSPS) is 17.9. The smallest absolute Gasteiger partial charge is 0.326 e. The number of halogens is 1. The molecule has 0 fully saturated rings. The highest BCUT2D eigenvalue weighted by molar-refractivity contribution is 9.10. The van der Waals surface area contributed by atoms with Crippen molar-refractivity contribution in [2.75, 3.05) is 0 Å². The molecule has 0 bridgehead atoms. The summed E-state index contributed by atoms with van der Waals surface area (Å²) in [6.45, 7) is 2.15. The van der Waals surface area contributed by atoms with Gasteiger partial charge in [0.05, 0.1) is 5.92 Å². The molecule has 0 aromatic heterocycles. The van der Waals surface area contributed by atoms with Crippen molar-refractivity contribution in [2.45, 2.75) is 31.8 Å². The molecule has 1 unspecified atom stereocenters. The number of carboxylic acid groups (broad SMARTS) is 1. The Hall–Kier alpha value is -2.14. The fourth-order valence-corrected chi connectivity index (χ4v) is 3.73. The summed E-state index contributed by atoms with van der Waals surface area (Å²) in [7, 11) is 0. The average molecular weight is 388 g/mol. The first kappa shape index (κ1) is 16.7. The molecule has 2 aromatic carbocycles. The molecule has 1 amide bonds. The molecule has 3 rings (SSSR count). The Balaban J connectivity index is 1.93. The van der Waals surface area contributed by atoms with Gasteiger partial charge in [0.2, 0.25) is 5.91 Å². The van der Waals surface area contributed by atoms with E-state index in [1.165, 1.54) is 4.90 Å². The first-order valence-electron chi connectivity index (χ1n) is 7.83. The van der Waals surface area contributed by atoms with Gasteiger partial charge in [-0.2, -0.15) is 0 Å². The van der Waals surface area contributed by atoms with E-state index in [1.54, 1.807) is 0 Å². The van der Waals surface area contributed by atoms with E-state index in [2.05, 4.69) is 15.9 Å². The van der Waals surface area contributed by atoms with Gasteiger partial charge in [0.1, 0.15) is 6.04 Å². The number of nitrogens with zero attached hydrogens (tertiary/aromatic N) is 1. The molecule has 0 radical (unpaired) electrons. The standard InChI is InChI=1S/C19H18BrNO3/c1-12(13-6-3-2-4-7-13)18(22)21-11-14-8-5-9-16(20)15(14)10-17(21)19(23)24/h2-9,12,17H,10-11H2,1H3,(H,23,24)/t12-,17?/m0/s1. The Morgan fingerprint density at radius 3 is 2.54 bits per heavy atom. The van der Waals surface area contributed by atoms with E-state index in [0.717, 1.165) is 21.2 Å². The second kappa shape index (κ2) is 6.77. The lowest BCUT2D eigenvalue weighted by atomic mass is 9.91. The lowest BCUT2D eigenvalue weighted by Crippen LogP contribution is -2.50. The maximum Gasteiger partial charge on any atom is 0.326 e. The molecule has 1 heterocycles. The lowest BCUT2D eigenvalue weighted by Gasteiger charge is -2.36. The Morgan fingerprint density at radius 1 is 1.17 bits per heavy atom. The summed E-state index contributed by atoms with van der Waals surface area (Å²) < 4.78 is 0.898. The van der Waals surface area contributed by atoms with Gasteiger partial charge in [-0.25, -0.2) is 4.79 Å². The van der Waals surface area contributed by atoms with Crippen molar-refractivity contribution < 1.29 is 14.7 Å². The van der Waals surface area contributed by atoms with Gasteiger partial charge in [-0.1, -0.05) is 58.4 Å². The molecule has 124 valence electrons. The summed E-state index contributed by atoms with van der Waals surface area (Å²) in [6.07, 6.45) is 0.319. The number of hydrogen-bond donors (Lipinski definition) is 1. The number of fused-ring (bicyclic) bond motifs is 1. The third-order valence-electron chi connectivity index (χ3n) is 4.57. The van der Waals surface area contributed by atoms with E-state index in [-0.39, 0.29) is 11.8 Å². The number of rotatable bonds is 3. The highest BCUT2D eigenvalue weighted by atomic mass is 79.9. The van der Waals surface area contributed by atoms with Crippen molar-refractivity contribution in [3.05, 3.63) is 69.7 Å². The zero-order chi connectivity index (χ0) is 17.3. The molecule has 1 aliphatic rings. The van der Waals surface area contributed by atoms with Gasteiger partial charge < -0.3 is 10.0 Å². The molecule has 0 spiro atoms. The molecule has 5 heteroatoms. The van der Waals surface area contributed by atoms with Crippen LogP contribution >= 0.6 is 15.9 Å². The van der Waals surface area contributed by atoms with E-state index in [4.69, 9.17) is 0 Å². The first-order valence-corrected chi connectivity index (χ1v) is 8.63. The van der Waals surface area contributed by atoms with Crippen molar-refractivity contribution in [1.82, 2.24) is 4.90 Å². The zero-order valence-electron chi connectivity index (χ0n) is 13.3. The van der Waals surface area contributed by atoms with Crippen LogP contribution in [0, 0.1) is 0 Å². The summed E-state index contributed by atoms with van der Waals surface area (Å²) in [4.78, 5) is 26.2. The van der Waals surface area contributed by atoms with Gasteiger partial charge in [-0.15, -0.1) is 0 Å².